The Balaban J connectivity index is 2.12. The molecule has 0 aromatic heterocycles. The predicted molar refractivity (Wildman–Crippen MR) is 77.4 cm³/mol. The first-order chi connectivity index (χ1) is 9.59. The van der Waals surface area contributed by atoms with Crippen LogP contribution in [-0.4, -0.2) is 31.5 Å². The normalized spacial score (nSPS) is 10.2. The highest BCUT2D eigenvalue weighted by molar-refractivity contribution is 6.35. The third kappa shape index (κ3) is 6.78. The summed E-state index contributed by atoms with van der Waals surface area (Å²) in [4.78, 5) is 22.9. The van der Waals surface area contributed by atoms with Crippen LogP contribution in [0.4, 0.5) is 0 Å². The minimum atomic E-state index is -0.620. The molecule has 0 saturated heterocycles. The fourth-order valence-electron chi connectivity index (χ4n) is 1.49. The van der Waals surface area contributed by atoms with Gasteiger partial charge in [0.15, 0.2) is 0 Å². The molecular formula is C15H22N2O3. The molecule has 0 aliphatic rings. The lowest BCUT2D eigenvalue weighted by molar-refractivity contribution is -0.139. The smallest absolute Gasteiger partial charge is 0.309 e. The quantitative estimate of drug-likeness (QED) is 0.584. The van der Waals surface area contributed by atoms with Crippen LogP contribution in [0.15, 0.2) is 30.3 Å². The number of para-hydroxylation sites is 1. The summed E-state index contributed by atoms with van der Waals surface area (Å²) in [5.41, 5.74) is 0. The van der Waals surface area contributed by atoms with E-state index in [0.29, 0.717) is 25.6 Å². The van der Waals surface area contributed by atoms with Gasteiger partial charge < -0.3 is 15.4 Å². The molecule has 0 heterocycles. The van der Waals surface area contributed by atoms with Gasteiger partial charge in [-0.05, 0) is 24.5 Å². The van der Waals surface area contributed by atoms with Crippen molar-refractivity contribution in [3.05, 3.63) is 30.3 Å². The lowest BCUT2D eigenvalue weighted by atomic mass is 10.1. The van der Waals surface area contributed by atoms with E-state index in [1.165, 1.54) is 0 Å². The van der Waals surface area contributed by atoms with Crippen LogP contribution in [0.3, 0.4) is 0 Å². The molecule has 0 aliphatic heterocycles. The van der Waals surface area contributed by atoms with E-state index in [-0.39, 0.29) is 0 Å². The second kappa shape index (κ2) is 8.96. The number of nitrogens with one attached hydrogen (secondary N) is 2. The minimum absolute atomic E-state index is 0.297. The standard InChI is InChI=1S/C15H22N2O3/c1-12(2)8-9-16-14(18)15(19)17-10-11-20-13-6-4-3-5-7-13/h3-7,12H,8-11H2,1-2H3,(H,16,18)(H,17,19). The van der Waals surface area contributed by atoms with Gasteiger partial charge in [-0.3, -0.25) is 9.59 Å². The van der Waals surface area contributed by atoms with Crippen molar-refractivity contribution in [1.82, 2.24) is 10.6 Å². The van der Waals surface area contributed by atoms with Crippen molar-refractivity contribution in [2.24, 2.45) is 5.92 Å². The largest absolute Gasteiger partial charge is 0.492 e. The van der Waals surface area contributed by atoms with E-state index >= 15 is 0 Å². The van der Waals surface area contributed by atoms with Gasteiger partial charge >= 0.3 is 11.8 Å². The topological polar surface area (TPSA) is 67.4 Å². The van der Waals surface area contributed by atoms with Gasteiger partial charge in [0, 0.05) is 6.54 Å². The molecule has 0 atom stereocenters. The summed E-state index contributed by atoms with van der Waals surface area (Å²) in [6.45, 7) is 5.27. The Morgan fingerprint density at radius 3 is 2.25 bits per heavy atom. The summed E-state index contributed by atoms with van der Waals surface area (Å²) in [5.74, 6) is 0.0246. The second-order valence-corrected chi connectivity index (χ2v) is 4.86. The Bertz CT molecular complexity index is 418. The number of rotatable bonds is 7. The maximum atomic E-state index is 11.5. The van der Waals surface area contributed by atoms with Crippen LogP contribution in [0.2, 0.25) is 0 Å². The molecule has 20 heavy (non-hydrogen) atoms. The van der Waals surface area contributed by atoms with Gasteiger partial charge in [0.05, 0.1) is 6.54 Å². The highest BCUT2D eigenvalue weighted by Crippen LogP contribution is 2.07. The van der Waals surface area contributed by atoms with Crippen molar-refractivity contribution < 1.29 is 14.3 Å². The molecule has 0 bridgehead atoms. The number of benzene rings is 1. The molecule has 0 spiro atoms. The van der Waals surface area contributed by atoms with Crippen LogP contribution < -0.4 is 15.4 Å². The van der Waals surface area contributed by atoms with E-state index in [0.717, 1.165) is 12.2 Å². The zero-order valence-electron chi connectivity index (χ0n) is 12.0. The summed E-state index contributed by atoms with van der Waals surface area (Å²) in [6, 6.07) is 9.31. The van der Waals surface area contributed by atoms with Crippen LogP contribution in [0, 0.1) is 5.92 Å². The Morgan fingerprint density at radius 2 is 1.65 bits per heavy atom. The molecule has 5 nitrogen and oxygen atoms in total. The summed E-state index contributed by atoms with van der Waals surface area (Å²) >= 11 is 0. The Labute approximate surface area is 119 Å². The fraction of sp³-hybridized carbons (Fsp3) is 0.467. The summed E-state index contributed by atoms with van der Waals surface area (Å²) in [7, 11) is 0. The van der Waals surface area contributed by atoms with Crippen molar-refractivity contribution >= 4 is 11.8 Å². The number of hydrogen-bond acceptors (Lipinski definition) is 3. The monoisotopic (exact) mass is 278 g/mol. The molecule has 110 valence electrons. The predicted octanol–water partition coefficient (Wildman–Crippen LogP) is 1.34. The highest BCUT2D eigenvalue weighted by Gasteiger charge is 2.11. The minimum Gasteiger partial charge on any atom is -0.492 e. The van der Waals surface area contributed by atoms with Gasteiger partial charge in [-0.1, -0.05) is 32.0 Å². The molecule has 1 aromatic rings. The van der Waals surface area contributed by atoms with Gasteiger partial charge in [0.25, 0.3) is 0 Å². The van der Waals surface area contributed by atoms with Crippen molar-refractivity contribution in [2.75, 3.05) is 19.7 Å². The first-order valence-electron chi connectivity index (χ1n) is 6.83. The molecule has 0 aliphatic carbocycles. The van der Waals surface area contributed by atoms with Crippen LogP contribution >= 0.6 is 0 Å². The number of ether oxygens (including phenoxy) is 1. The van der Waals surface area contributed by atoms with Crippen molar-refractivity contribution in [1.29, 1.82) is 0 Å². The maximum Gasteiger partial charge on any atom is 0.309 e. The summed E-state index contributed by atoms with van der Waals surface area (Å²) in [5, 5.41) is 5.10. The molecule has 0 radical (unpaired) electrons. The average molecular weight is 278 g/mol. The SMILES string of the molecule is CC(C)CCNC(=O)C(=O)NCCOc1ccccc1. The molecule has 1 aromatic carbocycles. The number of carbonyl (C=O) groups excluding carboxylic acids is 2. The van der Waals surface area contributed by atoms with Gasteiger partial charge in [-0.15, -0.1) is 0 Å². The molecule has 2 amide bonds. The van der Waals surface area contributed by atoms with Crippen LogP contribution in [0.1, 0.15) is 20.3 Å². The molecule has 1 rings (SSSR count). The van der Waals surface area contributed by atoms with E-state index in [2.05, 4.69) is 24.5 Å². The first kappa shape index (κ1) is 16.0. The van der Waals surface area contributed by atoms with E-state index in [9.17, 15) is 9.59 Å². The molecule has 0 saturated carbocycles. The third-order valence-corrected chi connectivity index (χ3v) is 2.61. The van der Waals surface area contributed by atoms with Gasteiger partial charge in [-0.25, -0.2) is 0 Å². The Hall–Kier alpha value is -2.04. The molecular weight excluding hydrogens is 256 g/mol. The highest BCUT2D eigenvalue weighted by atomic mass is 16.5. The van der Waals surface area contributed by atoms with Crippen LogP contribution in [0.5, 0.6) is 5.75 Å². The van der Waals surface area contributed by atoms with Gasteiger partial charge in [-0.2, -0.15) is 0 Å². The average Bonchev–Trinajstić information content (AvgIpc) is 2.44. The Kier molecular flexibility index (Phi) is 7.17. The zero-order chi connectivity index (χ0) is 14.8. The van der Waals surface area contributed by atoms with Crippen LogP contribution in [0.25, 0.3) is 0 Å². The van der Waals surface area contributed by atoms with E-state index in [1.807, 2.05) is 30.3 Å². The van der Waals surface area contributed by atoms with Crippen molar-refractivity contribution in [3.8, 4) is 5.75 Å². The molecule has 0 unspecified atom stereocenters. The van der Waals surface area contributed by atoms with Crippen LogP contribution in [-0.2, 0) is 9.59 Å². The number of hydrogen-bond donors (Lipinski definition) is 2. The second-order valence-electron chi connectivity index (χ2n) is 4.86. The van der Waals surface area contributed by atoms with Gasteiger partial charge in [0.1, 0.15) is 12.4 Å². The zero-order valence-corrected chi connectivity index (χ0v) is 12.0. The maximum absolute atomic E-state index is 11.5. The Morgan fingerprint density at radius 1 is 1.05 bits per heavy atom. The van der Waals surface area contributed by atoms with Crippen molar-refractivity contribution in [2.45, 2.75) is 20.3 Å². The lowest BCUT2D eigenvalue weighted by Crippen LogP contribution is -2.41. The fourth-order valence-corrected chi connectivity index (χ4v) is 1.49. The van der Waals surface area contributed by atoms with E-state index in [4.69, 9.17) is 4.74 Å². The molecule has 0 fully saturated rings. The third-order valence-electron chi connectivity index (χ3n) is 2.61. The van der Waals surface area contributed by atoms with E-state index < -0.39 is 11.8 Å². The van der Waals surface area contributed by atoms with E-state index in [1.54, 1.807) is 0 Å². The molecule has 2 N–H and O–H groups in total. The van der Waals surface area contributed by atoms with Gasteiger partial charge in [0.2, 0.25) is 0 Å². The lowest BCUT2D eigenvalue weighted by Gasteiger charge is -2.08. The van der Waals surface area contributed by atoms with Crippen molar-refractivity contribution in [3.63, 3.8) is 0 Å². The summed E-state index contributed by atoms with van der Waals surface area (Å²) in [6.07, 6.45) is 0.857. The number of carbonyl (C=O) groups is 2. The number of amides is 2. The first-order valence-corrected chi connectivity index (χ1v) is 6.83. The molecule has 5 heteroatoms. The summed E-state index contributed by atoms with van der Waals surface area (Å²) < 4.78 is 5.40.